The highest BCUT2D eigenvalue weighted by atomic mass is 14.9. The number of nitrogens with one attached hydrogen (secondary N) is 1. The van der Waals surface area contributed by atoms with Gasteiger partial charge in [-0.05, 0) is 18.1 Å². The monoisotopic (exact) mass is 171 g/mol. The van der Waals surface area contributed by atoms with Gasteiger partial charge in [0.05, 0.1) is 0 Å². The number of rotatable bonds is 0. The zero-order chi connectivity index (χ0) is 9.52. The van der Waals surface area contributed by atoms with Crippen molar-refractivity contribution in [3.05, 3.63) is 29.8 Å². The summed E-state index contributed by atoms with van der Waals surface area (Å²) in [5.41, 5.74) is 2.77. The normalized spacial score (nSPS) is 10.9. The molecule has 64 valence electrons. The molecule has 1 aliphatic heterocycles. The summed E-state index contributed by atoms with van der Waals surface area (Å²) in [7, 11) is 0. The van der Waals surface area contributed by atoms with Gasteiger partial charge < -0.3 is 5.32 Å². The first-order valence-electron chi connectivity index (χ1n) is 3.98. The summed E-state index contributed by atoms with van der Waals surface area (Å²) in [5, 5.41) is 17.8. The largest absolute Gasteiger partial charge is 0.384 e. The summed E-state index contributed by atoms with van der Waals surface area (Å²) in [6, 6.07) is 10.9. The molecular formula is C10H9N3. The molecule has 1 heterocycles. The van der Waals surface area contributed by atoms with Gasteiger partial charge in [0.1, 0.15) is 0 Å². The zero-order valence-corrected chi connectivity index (χ0v) is 7.12. The average molecular weight is 171 g/mol. The lowest BCUT2D eigenvalue weighted by atomic mass is 10.2. The van der Waals surface area contributed by atoms with E-state index in [9.17, 15) is 0 Å². The van der Waals surface area contributed by atoms with Gasteiger partial charge in [-0.15, -0.1) is 0 Å². The van der Waals surface area contributed by atoms with E-state index in [1.54, 1.807) is 0 Å². The standard InChI is InChI=1S/C8H9N.C2N2/c1-2-4-8-7(3-1)5-6-9-8;3-1-2-4/h1-4,9H,5-6H2;. The van der Waals surface area contributed by atoms with E-state index in [0.717, 1.165) is 6.54 Å². The molecule has 0 atom stereocenters. The summed E-state index contributed by atoms with van der Waals surface area (Å²) >= 11 is 0. The predicted octanol–water partition coefficient (Wildman–Crippen LogP) is 1.69. The first-order valence-corrected chi connectivity index (χ1v) is 3.98. The predicted molar refractivity (Wildman–Crippen MR) is 49.9 cm³/mol. The number of fused-ring (bicyclic) bond motifs is 1. The van der Waals surface area contributed by atoms with Crippen LogP contribution >= 0.6 is 0 Å². The van der Waals surface area contributed by atoms with E-state index in [1.807, 2.05) is 0 Å². The third-order valence-electron chi connectivity index (χ3n) is 1.78. The van der Waals surface area contributed by atoms with E-state index in [4.69, 9.17) is 10.5 Å². The molecule has 1 aromatic carbocycles. The summed E-state index contributed by atoms with van der Waals surface area (Å²) in [5.74, 6) is 0. The van der Waals surface area contributed by atoms with Crippen LogP contribution in [0.1, 0.15) is 5.56 Å². The number of anilines is 1. The molecule has 0 radical (unpaired) electrons. The molecule has 2 rings (SSSR count). The van der Waals surface area contributed by atoms with E-state index in [-0.39, 0.29) is 0 Å². The molecule has 0 aliphatic carbocycles. The van der Waals surface area contributed by atoms with E-state index in [1.165, 1.54) is 29.8 Å². The van der Waals surface area contributed by atoms with Crippen LogP contribution < -0.4 is 5.32 Å². The van der Waals surface area contributed by atoms with Gasteiger partial charge in [0.15, 0.2) is 12.1 Å². The minimum atomic E-state index is 1.11. The number of benzene rings is 1. The highest BCUT2D eigenvalue weighted by Gasteiger charge is 2.05. The molecule has 1 N–H and O–H groups in total. The molecule has 0 saturated carbocycles. The van der Waals surface area contributed by atoms with Crippen LogP contribution in [0.15, 0.2) is 24.3 Å². The molecule has 0 saturated heterocycles. The highest BCUT2D eigenvalue weighted by Crippen LogP contribution is 2.19. The number of hydrogen-bond acceptors (Lipinski definition) is 3. The SMILES string of the molecule is N#CC#N.c1ccc2c(c1)CCN2. The second-order valence-electron chi connectivity index (χ2n) is 2.56. The molecule has 0 spiro atoms. The van der Waals surface area contributed by atoms with Crippen LogP contribution in [0, 0.1) is 22.7 Å². The highest BCUT2D eigenvalue weighted by molar-refractivity contribution is 5.54. The Labute approximate surface area is 77.2 Å². The molecule has 1 aliphatic rings. The van der Waals surface area contributed by atoms with Gasteiger partial charge in [-0.2, -0.15) is 10.5 Å². The van der Waals surface area contributed by atoms with Crippen LogP contribution in [-0.4, -0.2) is 6.54 Å². The van der Waals surface area contributed by atoms with Gasteiger partial charge in [-0.3, -0.25) is 0 Å². The first kappa shape index (κ1) is 9.09. The molecule has 0 bridgehead atoms. The van der Waals surface area contributed by atoms with E-state index >= 15 is 0 Å². The Kier molecular flexibility index (Phi) is 3.35. The van der Waals surface area contributed by atoms with Crippen LogP contribution in [0.2, 0.25) is 0 Å². The second kappa shape index (κ2) is 4.79. The van der Waals surface area contributed by atoms with Crippen molar-refractivity contribution in [1.82, 2.24) is 0 Å². The van der Waals surface area contributed by atoms with Crippen molar-refractivity contribution < 1.29 is 0 Å². The molecule has 0 fully saturated rings. The second-order valence-corrected chi connectivity index (χ2v) is 2.56. The van der Waals surface area contributed by atoms with Crippen molar-refractivity contribution in [3.63, 3.8) is 0 Å². The van der Waals surface area contributed by atoms with E-state index in [0.29, 0.717) is 0 Å². The summed E-state index contributed by atoms with van der Waals surface area (Å²) in [6.45, 7) is 1.11. The maximum Gasteiger partial charge on any atom is 0.181 e. The van der Waals surface area contributed by atoms with Crippen LogP contribution in [0.4, 0.5) is 5.69 Å². The van der Waals surface area contributed by atoms with Crippen molar-refractivity contribution in [2.45, 2.75) is 6.42 Å². The minimum absolute atomic E-state index is 1.11. The first-order chi connectivity index (χ1) is 6.38. The van der Waals surface area contributed by atoms with Gasteiger partial charge in [0.25, 0.3) is 0 Å². The molecule has 1 aromatic rings. The van der Waals surface area contributed by atoms with Gasteiger partial charge >= 0.3 is 0 Å². The maximum absolute atomic E-state index is 7.26. The number of para-hydroxylation sites is 1. The fourth-order valence-electron chi connectivity index (χ4n) is 1.24. The molecule has 3 heteroatoms. The minimum Gasteiger partial charge on any atom is -0.384 e. The van der Waals surface area contributed by atoms with Crippen molar-refractivity contribution in [3.8, 4) is 12.1 Å². The number of hydrogen-bond donors (Lipinski definition) is 1. The van der Waals surface area contributed by atoms with Crippen LogP contribution in [-0.2, 0) is 6.42 Å². The molecule has 0 aromatic heterocycles. The summed E-state index contributed by atoms with van der Waals surface area (Å²) in [4.78, 5) is 0. The van der Waals surface area contributed by atoms with Gasteiger partial charge in [-0.25, -0.2) is 0 Å². The maximum atomic E-state index is 7.26. The van der Waals surface area contributed by atoms with Crippen LogP contribution in [0.25, 0.3) is 0 Å². The third-order valence-corrected chi connectivity index (χ3v) is 1.78. The molecule has 3 nitrogen and oxygen atoms in total. The fourth-order valence-corrected chi connectivity index (χ4v) is 1.24. The van der Waals surface area contributed by atoms with Crippen molar-refractivity contribution >= 4 is 5.69 Å². The Hall–Kier alpha value is -2.00. The topological polar surface area (TPSA) is 59.6 Å². The molecular weight excluding hydrogens is 162 g/mol. The Morgan fingerprint density at radius 1 is 1.15 bits per heavy atom. The number of nitrogens with zero attached hydrogens (tertiary/aromatic N) is 2. The Bertz CT molecular complexity index is 322. The molecule has 0 unspecified atom stereocenters. The summed E-state index contributed by atoms with van der Waals surface area (Å²) in [6.07, 6.45) is 1.19. The Morgan fingerprint density at radius 2 is 1.85 bits per heavy atom. The fraction of sp³-hybridized carbons (Fsp3) is 0.200. The van der Waals surface area contributed by atoms with E-state index < -0.39 is 0 Å². The summed E-state index contributed by atoms with van der Waals surface area (Å²) < 4.78 is 0. The van der Waals surface area contributed by atoms with Crippen molar-refractivity contribution in [2.75, 3.05) is 11.9 Å². The van der Waals surface area contributed by atoms with Gasteiger partial charge in [-0.1, -0.05) is 18.2 Å². The quantitative estimate of drug-likeness (QED) is 0.646. The van der Waals surface area contributed by atoms with Gasteiger partial charge in [0, 0.05) is 12.2 Å². The number of nitriles is 2. The Balaban J connectivity index is 0.000000184. The smallest absolute Gasteiger partial charge is 0.181 e. The van der Waals surface area contributed by atoms with Crippen molar-refractivity contribution in [2.24, 2.45) is 0 Å². The zero-order valence-electron chi connectivity index (χ0n) is 7.12. The van der Waals surface area contributed by atoms with Crippen LogP contribution in [0.3, 0.4) is 0 Å². The average Bonchev–Trinajstić information content (AvgIpc) is 2.66. The van der Waals surface area contributed by atoms with Crippen molar-refractivity contribution in [1.29, 1.82) is 10.5 Å². The molecule has 0 amide bonds. The third kappa shape index (κ3) is 2.50. The Morgan fingerprint density at radius 3 is 2.46 bits per heavy atom. The van der Waals surface area contributed by atoms with Crippen LogP contribution in [0.5, 0.6) is 0 Å². The molecule has 13 heavy (non-hydrogen) atoms. The lowest BCUT2D eigenvalue weighted by Crippen LogP contribution is -1.90. The van der Waals surface area contributed by atoms with E-state index in [2.05, 4.69) is 29.6 Å². The lowest BCUT2D eigenvalue weighted by molar-refractivity contribution is 1.11. The van der Waals surface area contributed by atoms with Gasteiger partial charge in [0.2, 0.25) is 0 Å². The lowest BCUT2D eigenvalue weighted by Gasteiger charge is -1.94.